The smallest absolute Gasteiger partial charge is 0.258 e. The van der Waals surface area contributed by atoms with E-state index in [0.717, 1.165) is 0 Å². The van der Waals surface area contributed by atoms with Gasteiger partial charge in [0.1, 0.15) is 0 Å². The van der Waals surface area contributed by atoms with E-state index in [1.165, 1.54) is 12.1 Å². The van der Waals surface area contributed by atoms with Crippen LogP contribution in [0.1, 0.15) is 12.5 Å². The number of hydrogen-bond acceptors (Lipinski definition) is 2. The summed E-state index contributed by atoms with van der Waals surface area (Å²) in [6, 6.07) is 3.02. The second-order valence-corrected chi connectivity index (χ2v) is 3.33. The lowest BCUT2D eigenvalue weighted by Gasteiger charge is -2.01. The van der Waals surface area contributed by atoms with Gasteiger partial charge in [-0.1, -0.05) is 13.0 Å². The molecule has 0 unspecified atom stereocenters. The zero-order valence-corrected chi connectivity index (χ0v) is 8.47. The summed E-state index contributed by atoms with van der Waals surface area (Å²) in [5.74, 6) is -0.748. The van der Waals surface area contributed by atoms with Gasteiger partial charge in [-0.25, -0.2) is 0 Å². The van der Waals surface area contributed by atoms with Gasteiger partial charge in [0.05, 0.1) is 9.40 Å². The lowest BCUT2D eigenvalue weighted by molar-refractivity contribution is -0.388. The maximum absolute atomic E-state index is 13.3. The van der Waals surface area contributed by atoms with Crippen molar-refractivity contribution in [2.24, 2.45) is 0 Å². The van der Waals surface area contributed by atoms with Crippen LogP contribution >= 0.6 is 15.9 Å². The third-order valence-corrected chi connectivity index (χ3v) is 2.35. The molecule has 0 spiro atoms. The first-order valence-electron chi connectivity index (χ1n) is 3.69. The maximum atomic E-state index is 13.3. The Balaban J connectivity index is 3.38. The Hall–Kier alpha value is -0.970. The second kappa shape index (κ2) is 3.83. The highest BCUT2D eigenvalue weighted by molar-refractivity contribution is 9.10. The Kier molecular flexibility index (Phi) is 2.98. The van der Waals surface area contributed by atoms with Crippen molar-refractivity contribution in [3.63, 3.8) is 0 Å². The molecule has 1 rings (SSSR count). The Labute approximate surface area is 82.8 Å². The molecule has 1 aromatic carbocycles. The van der Waals surface area contributed by atoms with E-state index in [1.807, 2.05) is 0 Å². The number of aryl methyl sites for hydroxylation is 1. The molecule has 13 heavy (non-hydrogen) atoms. The van der Waals surface area contributed by atoms with E-state index in [2.05, 4.69) is 15.9 Å². The molecule has 0 aromatic heterocycles. The molecule has 0 atom stereocenters. The molecule has 0 fully saturated rings. The maximum Gasteiger partial charge on any atom is 0.319 e. The molecule has 0 aliphatic rings. The van der Waals surface area contributed by atoms with E-state index in [4.69, 9.17) is 0 Å². The molecule has 0 aliphatic heterocycles. The molecule has 70 valence electrons. The molecule has 0 N–H and O–H groups in total. The number of nitrogens with zero attached hydrogens (tertiary/aromatic N) is 1. The van der Waals surface area contributed by atoms with Gasteiger partial charge in [-0.3, -0.25) is 10.1 Å². The van der Waals surface area contributed by atoms with Crippen molar-refractivity contribution in [1.82, 2.24) is 0 Å². The van der Waals surface area contributed by atoms with Crippen molar-refractivity contribution < 1.29 is 9.31 Å². The molecule has 0 heterocycles. The summed E-state index contributed by atoms with van der Waals surface area (Å²) in [6.45, 7) is 1.75. The van der Waals surface area contributed by atoms with Crippen LogP contribution in [0.4, 0.5) is 10.1 Å². The fraction of sp³-hybridized carbons (Fsp3) is 0.250. The highest BCUT2D eigenvalue weighted by Crippen LogP contribution is 2.29. The number of benzene rings is 1. The monoisotopic (exact) mass is 247 g/mol. The summed E-state index contributed by atoms with van der Waals surface area (Å²) < 4.78 is 13.5. The standard InChI is InChI=1S/C8H7BrFNO2/c1-2-5-3-4-6(9)8(7(5)10)11(12)13/h3-4H,2H2,1H3. The molecular weight excluding hydrogens is 241 g/mol. The van der Waals surface area contributed by atoms with Crippen LogP contribution in [-0.4, -0.2) is 4.92 Å². The van der Waals surface area contributed by atoms with Crippen molar-refractivity contribution in [2.45, 2.75) is 13.3 Å². The summed E-state index contributed by atoms with van der Waals surface area (Å²) in [5, 5.41) is 10.4. The van der Waals surface area contributed by atoms with Crippen molar-refractivity contribution >= 4 is 21.6 Å². The van der Waals surface area contributed by atoms with Gasteiger partial charge in [0, 0.05) is 0 Å². The second-order valence-electron chi connectivity index (χ2n) is 2.48. The van der Waals surface area contributed by atoms with E-state index >= 15 is 0 Å². The molecule has 0 aliphatic carbocycles. The van der Waals surface area contributed by atoms with Crippen LogP contribution in [0.5, 0.6) is 0 Å². The zero-order valence-electron chi connectivity index (χ0n) is 6.88. The van der Waals surface area contributed by atoms with E-state index in [-0.39, 0.29) is 4.47 Å². The summed E-state index contributed by atoms with van der Waals surface area (Å²) in [5.41, 5.74) is -0.130. The highest BCUT2D eigenvalue weighted by atomic mass is 79.9. The van der Waals surface area contributed by atoms with E-state index in [1.54, 1.807) is 6.92 Å². The molecule has 0 amide bonds. The van der Waals surface area contributed by atoms with Gasteiger partial charge in [0.25, 0.3) is 0 Å². The first kappa shape index (κ1) is 10.1. The fourth-order valence-corrected chi connectivity index (χ4v) is 1.47. The van der Waals surface area contributed by atoms with Gasteiger partial charge in [-0.15, -0.1) is 0 Å². The number of hydrogen-bond donors (Lipinski definition) is 0. The third kappa shape index (κ3) is 1.85. The van der Waals surface area contributed by atoms with Crippen molar-refractivity contribution in [2.75, 3.05) is 0 Å². The van der Waals surface area contributed by atoms with Crippen LogP contribution in [0.3, 0.4) is 0 Å². The number of rotatable bonds is 2. The van der Waals surface area contributed by atoms with Gasteiger partial charge < -0.3 is 0 Å². The molecule has 3 nitrogen and oxygen atoms in total. The average Bonchev–Trinajstić information content (AvgIpc) is 2.04. The largest absolute Gasteiger partial charge is 0.319 e. The number of nitro groups is 1. The molecular formula is C8H7BrFNO2. The summed E-state index contributed by atoms with van der Waals surface area (Å²) in [4.78, 5) is 9.72. The van der Waals surface area contributed by atoms with Gasteiger partial charge in [-0.2, -0.15) is 4.39 Å². The van der Waals surface area contributed by atoms with Crippen LogP contribution in [0, 0.1) is 15.9 Å². The van der Waals surface area contributed by atoms with Gasteiger partial charge in [0.15, 0.2) is 0 Å². The fourth-order valence-electron chi connectivity index (χ4n) is 1.02. The Morgan fingerprint density at radius 2 is 2.23 bits per heavy atom. The lowest BCUT2D eigenvalue weighted by atomic mass is 10.1. The van der Waals surface area contributed by atoms with E-state index in [9.17, 15) is 14.5 Å². The Morgan fingerprint density at radius 1 is 1.62 bits per heavy atom. The third-order valence-electron chi connectivity index (χ3n) is 1.71. The Bertz CT molecular complexity index is 354. The SMILES string of the molecule is CCc1ccc(Br)c([N+](=O)[O-])c1F. The van der Waals surface area contributed by atoms with E-state index < -0.39 is 16.4 Å². The number of nitro benzene ring substituents is 1. The summed E-state index contributed by atoms with van der Waals surface area (Å²) in [6.07, 6.45) is 0.444. The quantitative estimate of drug-likeness (QED) is 0.596. The Morgan fingerprint density at radius 3 is 2.69 bits per heavy atom. The van der Waals surface area contributed by atoms with Crippen LogP contribution in [0.15, 0.2) is 16.6 Å². The number of halogens is 2. The van der Waals surface area contributed by atoms with Crippen LogP contribution in [-0.2, 0) is 6.42 Å². The van der Waals surface area contributed by atoms with Crippen molar-refractivity contribution in [3.8, 4) is 0 Å². The molecule has 0 saturated heterocycles. The van der Waals surface area contributed by atoms with Crippen LogP contribution in [0.2, 0.25) is 0 Å². The van der Waals surface area contributed by atoms with E-state index in [0.29, 0.717) is 12.0 Å². The van der Waals surface area contributed by atoms with Crippen LogP contribution < -0.4 is 0 Å². The first-order chi connectivity index (χ1) is 6.07. The molecule has 5 heteroatoms. The molecule has 0 radical (unpaired) electrons. The highest BCUT2D eigenvalue weighted by Gasteiger charge is 2.20. The lowest BCUT2D eigenvalue weighted by Crippen LogP contribution is -1.97. The predicted molar refractivity (Wildman–Crippen MR) is 50.1 cm³/mol. The van der Waals surface area contributed by atoms with Gasteiger partial charge >= 0.3 is 5.69 Å². The molecule has 0 bridgehead atoms. The average molecular weight is 248 g/mol. The summed E-state index contributed by atoms with van der Waals surface area (Å²) >= 11 is 2.93. The minimum atomic E-state index is -0.748. The zero-order chi connectivity index (χ0) is 10.0. The van der Waals surface area contributed by atoms with Crippen LogP contribution in [0.25, 0.3) is 0 Å². The van der Waals surface area contributed by atoms with Gasteiger partial charge in [-0.05, 0) is 34.0 Å². The van der Waals surface area contributed by atoms with Gasteiger partial charge in [0.2, 0.25) is 5.82 Å². The summed E-state index contributed by atoms with van der Waals surface area (Å²) in [7, 11) is 0. The predicted octanol–water partition coefficient (Wildman–Crippen LogP) is 3.06. The minimum absolute atomic E-state index is 0.173. The molecule has 1 aromatic rings. The first-order valence-corrected chi connectivity index (χ1v) is 4.48. The van der Waals surface area contributed by atoms with Crippen molar-refractivity contribution in [3.05, 3.63) is 38.1 Å². The topological polar surface area (TPSA) is 43.1 Å². The normalized spacial score (nSPS) is 10.1. The molecule has 0 saturated carbocycles. The minimum Gasteiger partial charge on any atom is -0.258 e. The van der Waals surface area contributed by atoms with Crippen molar-refractivity contribution in [1.29, 1.82) is 0 Å².